The zero-order valence-corrected chi connectivity index (χ0v) is 31.4. The van der Waals surface area contributed by atoms with Crippen molar-refractivity contribution in [1.82, 2.24) is 49.9 Å². The Morgan fingerprint density at radius 1 is 0.982 bits per heavy atom. The number of nitrogens with one attached hydrogen (secondary N) is 2. The summed E-state index contributed by atoms with van der Waals surface area (Å²) >= 11 is 0. The molecule has 5 aromatic rings. The van der Waals surface area contributed by atoms with Gasteiger partial charge in [-0.2, -0.15) is 20.3 Å². The van der Waals surface area contributed by atoms with E-state index in [0.717, 1.165) is 68.8 Å². The highest BCUT2D eigenvalue weighted by Crippen LogP contribution is 2.37. The van der Waals surface area contributed by atoms with E-state index >= 15 is 0 Å². The normalized spacial score (nSPS) is 21.0. The molecule has 0 unspecified atom stereocenters. The molecular formula is C39H43N15O2. The van der Waals surface area contributed by atoms with Crippen LogP contribution in [-0.4, -0.2) is 101 Å². The number of carbonyl (C=O) groups excluding carboxylic acids is 2. The Balaban J connectivity index is 0.847. The maximum absolute atomic E-state index is 12.2. The molecule has 1 aliphatic carbocycles. The molecule has 0 spiro atoms. The second-order valence-electron chi connectivity index (χ2n) is 14.9. The number of carbonyl (C=O) groups is 2. The van der Waals surface area contributed by atoms with Crippen molar-refractivity contribution in [2.75, 3.05) is 47.8 Å². The molecule has 2 aliphatic heterocycles. The van der Waals surface area contributed by atoms with E-state index in [9.17, 15) is 20.1 Å². The van der Waals surface area contributed by atoms with Crippen LogP contribution in [0, 0.1) is 28.6 Å². The van der Waals surface area contributed by atoms with Gasteiger partial charge in [-0.05, 0) is 76.6 Å². The molecule has 17 nitrogen and oxygen atoms in total. The average molecular weight is 754 g/mol. The highest BCUT2D eigenvalue weighted by Gasteiger charge is 2.29. The topological polar surface area (TPSA) is 203 Å². The first kappa shape index (κ1) is 36.5. The summed E-state index contributed by atoms with van der Waals surface area (Å²) in [4.78, 5) is 44.0. The third kappa shape index (κ3) is 7.58. The minimum absolute atomic E-state index is 0.247. The van der Waals surface area contributed by atoms with E-state index in [2.05, 4.69) is 69.9 Å². The summed E-state index contributed by atoms with van der Waals surface area (Å²) in [5.74, 6) is 2.17. The van der Waals surface area contributed by atoms with Gasteiger partial charge in [0.05, 0.1) is 53.5 Å². The number of nitrogens with zero attached hydrogens (tertiary/aromatic N) is 13. The van der Waals surface area contributed by atoms with Crippen LogP contribution in [0.25, 0.3) is 22.5 Å². The predicted molar refractivity (Wildman–Crippen MR) is 207 cm³/mol. The molecule has 2 saturated heterocycles. The van der Waals surface area contributed by atoms with E-state index in [1.54, 1.807) is 45.8 Å². The zero-order valence-electron chi connectivity index (χ0n) is 31.4. The van der Waals surface area contributed by atoms with E-state index in [-0.39, 0.29) is 12.3 Å². The monoisotopic (exact) mass is 753 g/mol. The molecule has 0 bridgehead atoms. The third-order valence-electron chi connectivity index (χ3n) is 11.2. The quantitative estimate of drug-likeness (QED) is 0.205. The molecule has 8 rings (SSSR count). The first-order chi connectivity index (χ1) is 27.3. The van der Waals surface area contributed by atoms with Crippen molar-refractivity contribution in [3.05, 3.63) is 66.5 Å². The number of aromatic nitrogens is 8. The maximum atomic E-state index is 12.2. The molecule has 286 valence electrons. The number of rotatable bonds is 10. The van der Waals surface area contributed by atoms with E-state index < -0.39 is 12.1 Å². The summed E-state index contributed by atoms with van der Waals surface area (Å²) in [6.45, 7) is 8.29. The van der Waals surface area contributed by atoms with Gasteiger partial charge < -0.3 is 10.2 Å². The van der Waals surface area contributed by atoms with Gasteiger partial charge in [0.2, 0.25) is 5.91 Å². The van der Waals surface area contributed by atoms with Crippen LogP contribution in [0.4, 0.5) is 22.0 Å². The van der Waals surface area contributed by atoms with Crippen molar-refractivity contribution >= 4 is 40.2 Å². The lowest BCUT2D eigenvalue weighted by atomic mass is 9.79. The smallest absolute Gasteiger partial charge is 0.328 e. The molecule has 0 aromatic carbocycles. The molecule has 3 amide bonds. The lowest BCUT2D eigenvalue weighted by molar-refractivity contribution is -0.120. The predicted octanol–water partition coefficient (Wildman–Crippen LogP) is 4.31. The number of pyridine rings is 3. The van der Waals surface area contributed by atoms with Gasteiger partial charge in [0.15, 0.2) is 11.5 Å². The van der Waals surface area contributed by atoms with E-state index in [1.165, 1.54) is 12.6 Å². The molecule has 1 saturated carbocycles. The van der Waals surface area contributed by atoms with Crippen LogP contribution in [0.3, 0.4) is 0 Å². The molecule has 17 heteroatoms. The van der Waals surface area contributed by atoms with Crippen LogP contribution in [0.5, 0.6) is 0 Å². The van der Waals surface area contributed by atoms with Crippen molar-refractivity contribution in [2.45, 2.75) is 70.4 Å². The van der Waals surface area contributed by atoms with Gasteiger partial charge in [-0.15, -0.1) is 5.10 Å². The Hall–Kier alpha value is -6.46. The van der Waals surface area contributed by atoms with Gasteiger partial charge in [-0.3, -0.25) is 19.9 Å². The maximum Gasteiger partial charge on any atom is 0.328 e. The summed E-state index contributed by atoms with van der Waals surface area (Å²) in [6.07, 6.45) is 14.4. The minimum Gasteiger partial charge on any atom is -0.368 e. The summed E-state index contributed by atoms with van der Waals surface area (Å²) in [5, 5.41) is 38.7. The number of hydrogen-bond acceptors (Lipinski definition) is 13. The van der Waals surface area contributed by atoms with Crippen LogP contribution in [0.15, 0.2) is 55.2 Å². The molecule has 3 fully saturated rings. The number of imide groups is 1. The van der Waals surface area contributed by atoms with Crippen LogP contribution >= 0.6 is 0 Å². The number of amides is 3. The molecule has 7 heterocycles. The number of anilines is 3. The van der Waals surface area contributed by atoms with Gasteiger partial charge in [-0.1, -0.05) is 5.21 Å². The fraction of sp³-hybridized carbons (Fsp3) is 0.436. The summed E-state index contributed by atoms with van der Waals surface area (Å²) < 4.78 is 3.34. The van der Waals surface area contributed by atoms with Gasteiger partial charge in [0.1, 0.15) is 23.6 Å². The van der Waals surface area contributed by atoms with E-state index in [1.807, 2.05) is 24.4 Å². The SMILES string of the molecule is C[C@H](C#N)Nc1cc(-n2ncc3cc(C#N)cnc32)ncc1-n1cc(C2CCC(CCN3CCN(c4ccc(N5CCC(=O)NC5=O)cn4)[C@@H](C)C3)CC2)nn1. The Morgan fingerprint density at radius 3 is 2.57 bits per heavy atom. The van der Waals surface area contributed by atoms with Gasteiger partial charge in [0.25, 0.3) is 0 Å². The van der Waals surface area contributed by atoms with Crippen LogP contribution in [0.2, 0.25) is 0 Å². The number of fused-ring (bicyclic) bond motifs is 1. The van der Waals surface area contributed by atoms with Crippen LogP contribution < -0.4 is 20.4 Å². The third-order valence-corrected chi connectivity index (χ3v) is 11.2. The van der Waals surface area contributed by atoms with Gasteiger partial charge in [0, 0.05) is 62.2 Å². The molecular weight excluding hydrogens is 711 g/mol. The molecule has 2 N–H and O–H groups in total. The molecule has 5 aromatic heterocycles. The first-order valence-corrected chi connectivity index (χ1v) is 19.2. The lowest BCUT2D eigenvalue weighted by Crippen LogP contribution is -2.52. The first-order valence-electron chi connectivity index (χ1n) is 19.2. The highest BCUT2D eigenvalue weighted by atomic mass is 16.2. The number of urea groups is 1. The Bertz CT molecular complexity index is 2310. The van der Waals surface area contributed by atoms with E-state index in [4.69, 9.17) is 0 Å². The Kier molecular flexibility index (Phi) is 10.2. The van der Waals surface area contributed by atoms with Crippen molar-refractivity contribution < 1.29 is 9.59 Å². The molecule has 3 aliphatic rings. The minimum atomic E-state index is -0.471. The zero-order chi connectivity index (χ0) is 38.8. The van der Waals surface area contributed by atoms with Crippen molar-refractivity contribution in [3.63, 3.8) is 0 Å². The summed E-state index contributed by atoms with van der Waals surface area (Å²) in [5.41, 5.74) is 4.01. The van der Waals surface area contributed by atoms with Crippen LogP contribution in [0.1, 0.15) is 69.5 Å². The van der Waals surface area contributed by atoms with E-state index in [0.29, 0.717) is 58.5 Å². The van der Waals surface area contributed by atoms with Crippen molar-refractivity contribution in [1.29, 1.82) is 10.5 Å². The number of piperazine rings is 1. The lowest BCUT2D eigenvalue weighted by Gasteiger charge is -2.41. The molecule has 2 atom stereocenters. The fourth-order valence-corrected chi connectivity index (χ4v) is 8.06. The second-order valence-corrected chi connectivity index (χ2v) is 14.9. The van der Waals surface area contributed by atoms with Crippen molar-refractivity contribution in [3.8, 4) is 23.6 Å². The Labute approximate surface area is 323 Å². The van der Waals surface area contributed by atoms with Gasteiger partial charge >= 0.3 is 6.03 Å². The molecule has 0 radical (unpaired) electrons. The highest BCUT2D eigenvalue weighted by molar-refractivity contribution is 6.05. The fourth-order valence-electron chi connectivity index (χ4n) is 8.06. The van der Waals surface area contributed by atoms with Crippen LogP contribution in [-0.2, 0) is 4.79 Å². The number of nitriles is 2. The number of hydrogen-bond donors (Lipinski definition) is 2. The Morgan fingerprint density at radius 2 is 1.82 bits per heavy atom. The largest absolute Gasteiger partial charge is 0.368 e. The summed E-state index contributed by atoms with van der Waals surface area (Å²) in [7, 11) is 0. The molecule has 56 heavy (non-hydrogen) atoms. The average Bonchev–Trinajstić information content (AvgIpc) is 3.88. The standard InChI is InChI=1S/C39H43N15O2/c1-25(17-40)46-32-16-36(54-38-30(20-45-54)15-28(18-41)19-44-38)43-22-34(32)53-24-33(48-49-53)29-5-3-27(4-6-29)9-11-50-13-14-51(26(2)23-50)35-8-7-31(21-42-35)52-12-10-37(55)47-39(52)56/h7-8,15-16,19-22,24-27,29H,3-6,9-14,23H2,1-2H3,(H,43,46)(H,47,55,56)/t25-,26+,27?,29?/m1/s1. The van der Waals surface area contributed by atoms with Crippen molar-refractivity contribution in [2.24, 2.45) is 5.92 Å². The summed E-state index contributed by atoms with van der Waals surface area (Å²) in [6, 6.07) is 11.2. The van der Waals surface area contributed by atoms with Gasteiger partial charge in [-0.25, -0.2) is 24.4 Å². The second kappa shape index (κ2) is 15.7.